The summed E-state index contributed by atoms with van der Waals surface area (Å²) in [4.78, 5) is 24.5. The van der Waals surface area contributed by atoms with Crippen LogP contribution in [0.3, 0.4) is 0 Å². The number of carboxylic acids is 1. The maximum Gasteiger partial charge on any atom is 0.328 e. The van der Waals surface area contributed by atoms with Crippen LogP contribution in [-0.4, -0.2) is 46.2 Å². The van der Waals surface area contributed by atoms with Crippen molar-refractivity contribution in [2.75, 3.05) is 13.7 Å². The fourth-order valence-corrected chi connectivity index (χ4v) is 1.69. The fourth-order valence-electron chi connectivity index (χ4n) is 1.69. The molecule has 0 spiro atoms. The Kier molecular flexibility index (Phi) is 5.27. The summed E-state index contributed by atoms with van der Waals surface area (Å²) in [5, 5.41) is 18.0. The average Bonchev–Trinajstić information content (AvgIpc) is 2.44. The molecule has 114 valence electrons. The van der Waals surface area contributed by atoms with Crippen molar-refractivity contribution in [1.29, 1.82) is 0 Å². The molecule has 0 aliphatic heterocycles. The minimum Gasteiger partial charge on any atom is -0.478 e. The van der Waals surface area contributed by atoms with Crippen molar-refractivity contribution in [3.63, 3.8) is 0 Å². The van der Waals surface area contributed by atoms with Gasteiger partial charge in [-0.25, -0.2) is 4.79 Å². The standard InChI is InChI=1S/C16H21NO4/c1-11-5-6-13(9-12(11)7-8-14(19)20)15(21)17(4)16(2,3)10-18/h5-9,18H,10H2,1-4H3,(H,19,20)/b8-7+. The number of carbonyl (C=O) groups is 2. The van der Waals surface area contributed by atoms with Crippen molar-refractivity contribution in [3.05, 3.63) is 41.0 Å². The molecule has 1 amide bonds. The lowest BCUT2D eigenvalue weighted by Crippen LogP contribution is -2.47. The van der Waals surface area contributed by atoms with E-state index in [-0.39, 0.29) is 12.5 Å². The molecule has 1 rings (SSSR count). The highest BCUT2D eigenvalue weighted by Crippen LogP contribution is 2.18. The minimum absolute atomic E-state index is 0.146. The number of aliphatic hydroxyl groups is 1. The molecule has 0 aliphatic rings. The number of aliphatic carboxylic acids is 1. The third kappa shape index (κ3) is 4.16. The molecule has 0 aromatic heterocycles. The topological polar surface area (TPSA) is 77.8 Å². The van der Waals surface area contributed by atoms with Crippen LogP contribution in [0.25, 0.3) is 6.08 Å². The first-order chi connectivity index (χ1) is 9.69. The van der Waals surface area contributed by atoms with Crippen LogP contribution in [0.2, 0.25) is 0 Å². The zero-order chi connectivity index (χ0) is 16.2. The van der Waals surface area contributed by atoms with Crippen molar-refractivity contribution in [2.24, 2.45) is 0 Å². The molecule has 1 aromatic rings. The van der Waals surface area contributed by atoms with Crippen LogP contribution in [0.5, 0.6) is 0 Å². The predicted octanol–water partition coefficient (Wildman–Crippen LogP) is 1.94. The molecule has 0 unspecified atom stereocenters. The number of aliphatic hydroxyl groups excluding tert-OH is 1. The number of amides is 1. The summed E-state index contributed by atoms with van der Waals surface area (Å²) in [6.45, 7) is 5.23. The molecular formula is C16H21NO4. The van der Waals surface area contributed by atoms with Crippen LogP contribution >= 0.6 is 0 Å². The average molecular weight is 291 g/mol. The van der Waals surface area contributed by atoms with Gasteiger partial charge in [-0.2, -0.15) is 0 Å². The maximum atomic E-state index is 12.4. The van der Waals surface area contributed by atoms with Crippen LogP contribution in [0.15, 0.2) is 24.3 Å². The van der Waals surface area contributed by atoms with Gasteiger partial charge in [0.25, 0.3) is 5.91 Å². The van der Waals surface area contributed by atoms with Gasteiger partial charge in [0, 0.05) is 18.7 Å². The molecule has 0 atom stereocenters. The maximum absolute atomic E-state index is 12.4. The SMILES string of the molecule is Cc1ccc(C(=O)N(C)C(C)(C)CO)cc1/C=C/C(=O)O. The number of rotatable bonds is 5. The van der Waals surface area contributed by atoms with Gasteiger partial charge in [-0.05, 0) is 50.1 Å². The van der Waals surface area contributed by atoms with E-state index in [1.54, 1.807) is 39.1 Å². The lowest BCUT2D eigenvalue weighted by molar-refractivity contribution is -0.131. The second kappa shape index (κ2) is 6.54. The second-order valence-corrected chi connectivity index (χ2v) is 5.58. The highest BCUT2D eigenvalue weighted by atomic mass is 16.4. The molecule has 5 nitrogen and oxygen atoms in total. The van der Waals surface area contributed by atoms with E-state index in [4.69, 9.17) is 5.11 Å². The minimum atomic E-state index is -1.04. The normalized spacial score (nSPS) is 11.7. The molecule has 1 aromatic carbocycles. The van der Waals surface area contributed by atoms with Gasteiger partial charge in [-0.15, -0.1) is 0 Å². The Balaban J connectivity index is 3.12. The summed E-state index contributed by atoms with van der Waals surface area (Å²) >= 11 is 0. The molecule has 0 bridgehead atoms. The van der Waals surface area contributed by atoms with Crippen LogP contribution in [0, 0.1) is 6.92 Å². The molecule has 5 heteroatoms. The van der Waals surface area contributed by atoms with Crippen molar-refractivity contribution < 1.29 is 19.8 Å². The second-order valence-electron chi connectivity index (χ2n) is 5.58. The monoisotopic (exact) mass is 291 g/mol. The molecule has 0 saturated carbocycles. The predicted molar refractivity (Wildman–Crippen MR) is 81.1 cm³/mol. The number of hydrogen-bond donors (Lipinski definition) is 2. The van der Waals surface area contributed by atoms with Crippen molar-refractivity contribution in [2.45, 2.75) is 26.3 Å². The van der Waals surface area contributed by atoms with Gasteiger partial charge in [0.15, 0.2) is 0 Å². The van der Waals surface area contributed by atoms with Crippen molar-refractivity contribution in [1.82, 2.24) is 4.90 Å². The first kappa shape index (κ1) is 16.9. The van der Waals surface area contributed by atoms with E-state index in [0.717, 1.165) is 11.6 Å². The van der Waals surface area contributed by atoms with E-state index in [9.17, 15) is 14.7 Å². The zero-order valence-corrected chi connectivity index (χ0v) is 12.8. The summed E-state index contributed by atoms with van der Waals surface area (Å²) < 4.78 is 0. The Morgan fingerprint density at radius 2 is 1.95 bits per heavy atom. The molecule has 2 N–H and O–H groups in total. The summed E-state index contributed by atoms with van der Waals surface area (Å²) in [5.41, 5.74) is 1.35. The fraction of sp³-hybridized carbons (Fsp3) is 0.375. The van der Waals surface area contributed by atoms with Gasteiger partial charge < -0.3 is 15.1 Å². The Hall–Kier alpha value is -2.14. The van der Waals surface area contributed by atoms with Crippen LogP contribution in [0.1, 0.15) is 35.3 Å². The molecule has 0 heterocycles. The summed E-state index contributed by atoms with van der Waals surface area (Å²) in [5.74, 6) is -1.26. The Morgan fingerprint density at radius 3 is 2.48 bits per heavy atom. The summed E-state index contributed by atoms with van der Waals surface area (Å²) in [6, 6.07) is 5.12. The molecule has 21 heavy (non-hydrogen) atoms. The van der Waals surface area contributed by atoms with Gasteiger partial charge in [-0.3, -0.25) is 4.79 Å². The highest BCUT2D eigenvalue weighted by Gasteiger charge is 2.27. The van der Waals surface area contributed by atoms with Crippen LogP contribution in [-0.2, 0) is 4.79 Å². The zero-order valence-electron chi connectivity index (χ0n) is 12.8. The van der Waals surface area contributed by atoms with E-state index in [2.05, 4.69) is 0 Å². The van der Waals surface area contributed by atoms with E-state index < -0.39 is 11.5 Å². The molecule has 0 saturated heterocycles. The van der Waals surface area contributed by atoms with Gasteiger partial charge in [0.2, 0.25) is 0 Å². The number of aryl methyl sites for hydroxylation is 1. The molecule has 0 aliphatic carbocycles. The molecule has 0 fully saturated rings. The number of benzene rings is 1. The summed E-state index contributed by atoms with van der Waals surface area (Å²) in [6.07, 6.45) is 2.50. The third-order valence-corrected chi connectivity index (χ3v) is 3.53. The largest absolute Gasteiger partial charge is 0.478 e. The first-order valence-corrected chi connectivity index (χ1v) is 6.59. The Bertz CT molecular complexity index is 576. The van der Waals surface area contributed by atoms with Crippen LogP contribution < -0.4 is 0 Å². The van der Waals surface area contributed by atoms with Gasteiger partial charge in [0.05, 0.1) is 12.1 Å². The molecule has 0 radical (unpaired) electrons. The lowest BCUT2D eigenvalue weighted by atomic mass is 10.0. The van der Waals surface area contributed by atoms with Gasteiger partial charge in [0.1, 0.15) is 0 Å². The van der Waals surface area contributed by atoms with Gasteiger partial charge in [-0.1, -0.05) is 6.07 Å². The van der Waals surface area contributed by atoms with Crippen LogP contribution in [0.4, 0.5) is 0 Å². The van der Waals surface area contributed by atoms with Crippen molar-refractivity contribution >= 4 is 18.0 Å². The number of hydrogen-bond acceptors (Lipinski definition) is 3. The Labute approximate surface area is 124 Å². The smallest absolute Gasteiger partial charge is 0.328 e. The van der Waals surface area contributed by atoms with Gasteiger partial charge >= 0.3 is 5.97 Å². The number of carboxylic acid groups (broad SMARTS) is 1. The highest BCUT2D eigenvalue weighted by molar-refractivity contribution is 5.95. The Morgan fingerprint density at radius 1 is 1.33 bits per heavy atom. The number of nitrogens with zero attached hydrogens (tertiary/aromatic N) is 1. The lowest BCUT2D eigenvalue weighted by Gasteiger charge is -2.34. The third-order valence-electron chi connectivity index (χ3n) is 3.53. The van der Waals surface area contributed by atoms with Crippen molar-refractivity contribution in [3.8, 4) is 0 Å². The molecular weight excluding hydrogens is 270 g/mol. The quantitative estimate of drug-likeness (QED) is 0.813. The van der Waals surface area contributed by atoms with E-state index in [0.29, 0.717) is 11.1 Å². The van der Waals surface area contributed by atoms with E-state index in [1.807, 2.05) is 6.92 Å². The van der Waals surface area contributed by atoms with E-state index in [1.165, 1.54) is 11.0 Å². The van der Waals surface area contributed by atoms with E-state index >= 15 is 0 Å². The number of carbonyl (C=O) groups excluding carboxylic acids is 1. The summed E-state index contributed by atoms with van der Waals surface area (Å²) in [7, 11) is 1.63. The number of likely N-dealkylation sites (N-methyl/N-ethyl adjacent to an activating group) is 1. The first-order valence-electron chi connectivity index (χ1n) is 6.59.